The summed E-state index contributed by atoms with van der Waals surface area (Å²) >= 11 is 0. The number of benzene rings is 1. The van der Waals surface area contributed by atoms with Crippen LogP contribution in [0.2, 0.25) is 0 Å². The van der Waals surface area contributed by atoms with E-state index in [-0.39, 0.29) is 17.8 Å². The second kappa shape index (κ2) is 16.0. The van der Waals surface area contributed by atoms with Crippen LogP contribution in [-0.2, 0) is 15.9 Å². The van der Waals surface area contributed by atoms with E-state index in [1.165, 1.54) is 0 Å². The highest BCUT2D eigenvalue weighted by Gasteiger charge is 2.47. The van der Waals surface area contributed by atoms with Crippen molar-refractivity contribution in [3.05, 3.63) is 23.3 Å². The first-order chi connectivity index (χ1) is 21.4. The molecule has 13 atom stereocenters. The van der Waals surface area contributed by atoms with E-state index in [1.807, 2.05) is 12.1 Å². The number of aryl methyl sites for hydroxylation is 1. The number of unbranched alkanes of at least 4 members (excludes halogenated alkanes) is 2. The molecule has 0 amide bonds. The van der Waals surface area contributed by atoms with Crippen molar-refractivity contribution < 1.29 is 59.8 Å². The number of aliphatic hydroxyl groups is 8. The SMILES string of the molecule is CCCCCc1cc(O[C@@H]2O[C@H](CO)[C@@H](O)[C@H](O)[C@H]2O)c([C@@H]2C[C@H](C)CC[C@H]2C(C)C)c(O[C@@H]2O[C@H](CO)[C@@H](O)[C@H](O)[C@H]2O)c1. The first kappa shape index (κ1) is 36.3. The number of rotatable bonds is 12. The molecule has 45 heavy (non-hydrogen) atoms. The van der Waals surface area contributed by atoms with Crippen LogP contribution in [0.25, 0.3) is 0 Å². The standard InChI is InChI=1S/C33H54O12/c1-5-6-7-8-18-12-21(42-32-30(40)28(38)26(36)23(14-34)44-32)25(20-11-17(4)9-10-19(20)16(2)3)22(13-18)43-33-31(41)29(39)27(37)24(15-35)45-33/h12-13,16-17,19-20,23-24,26-41H,5-11,14-15H2,1-4H3/t17-,19+,20-,23-,24-,26-,27-,28+,29+,30-,31-,32-,33-/m1/s1. The van der Waals surface area contributed by atoms with Crippen LogP contribution in [0.4, 0.5) is 0 Å². The van der Waals surface area contributed by atoms with E-state index in [2.05, 4.69) is 27.7 Å². The van der Waals surface area contributed by atoms with Gasteiger partial charge in [-0.1, -0.05) is 47.0 Å². The lowest BCUT2D eigenvalue weighted by Crippen LogP contribution is -2.60. The predicted molar refractivity (Wildman–Crippen MR) is 163 cm³/mol. The summed E-state index contributed by atoms with van der Waals surface area (Å²) in [5, 5.41) is 83.1. The Balaban J connectivity index is 1.84. The third kappa shape index (κ3) is 8.11. The van der Waals surface area contributed by atoms with E-state index in [0.29, 0.717) is 29.4 Å². The second-order valence-corrected chi connectivity index (χ2v) is 13.5. The van der Waals surface area contributed by atoms with Gasteiger partial charge in [0.2, 0.25) is 12.6 Å². The summed E-state index contributed by atoms with van der Waals surface area (Å²) in [5.74, 6) is 1.43. The van der Waals surface area contributed by atoms with Crippen LogP contribution in [-0.4, -0.2) is 115 Å². The van der Waals surface area contributed by atoms with Gasteiger partial charge in [-0.3, -0.25) is 0 Å². The quantitative estimate of drug-likeness (QED) is 0.151. The maximum absolute atomic E-state index is 10.9. The minimum Gasteiger partial charge on any atom is -0.462 e. The predicted octanol–water partition coefficient (Wildman–Crippen LogP) is 0.953. The van der Waals surface area contributed by atoms with Crippen molar-refractivity contribution in [1.82, 2.24) is 0 Å². The van der Waals surface area contributed by atoms with Crippen molar-refractivity contribution in [1.29, 1.82) is 0 Å². The highest BCUT2D eigenvalue weighted by atomic mass is 16.7. The summed E-state index contributed by atoms with van der Waals surface area (Å²) in [6.07, 6.45) is -8.50. The number of aliphatic hydroxyl groups excluding tert-OH is 8. The van der Waals surface area contributed by atoms with E-state index < -0.39 is 74.6 Å². The zero-order chi connectivity index (χ0) is 33.0. The lowest BCUT2D eigenvalue weighted by molar-refractivity contribution is -0.279. The molecule has 2 aliphatic heterocycles. The van der Waals surface area contributed by atoms with Crippen LogP contribution in [0.15, 0.2) is 12.1 Å². The summed E-state index contributed by atoms with van der Waals surface area (Å²) < 4.78 is 24.3. The number of ether oxygens (including phenoxy) is 4. The molecule has 3 aliphatic rings. The van der Waals surface area contributed by atoms with E-state index in [1.54, 1.807) is 0 Å². The third-order valence-corrected chi connectivity index (χ3v) is 9.81. The molecule has 0 bridgehead atoms. The van der Waals surface area contributed by atoms with Gasteiger partial charge in [0.15, 0.2) is 0 Å². The average molecular weight is 643 g/mol. The van der Waals surface area contributed by atoms with Gasteiger partial charge in [0.1, 0.15) is 60.3 Å². The molecule has 8 N–H and O–H groups in total. The van der Waals surface area contributed by atoms with Gasteiger partial charge in [-0.05, 0) is 67.1 Å². The molecule has 1 aliphatic carbocycles. The van der Waals surface area contributed by atoms with Crippen LogP contribution in [0.5, 0.6) is 11.5 Å². The zero-order valence-corrected chi connectivity index (χ0v) is 26.8. The van der Waals surface area contributed by atoms with Crippen molar-refractivity contribution in [2.75, 3.05) is 13.2 Å². The summed E-state index contributed by atoms with van der Waals surface area (Å²) in [5.41, 5.74) is 1.48. The molecule has 258 valence electrons. The molecule has 0 spiro atoms. The average Bonchev–Trinajstić information content (AvgIpc) is 3.01. The van der Waals surface area contributed by atoms with Crippen molar-refractivity contribution >= 4 is 0 Å². The Hall–Kier alpha value is -1.58. The topological polar surface area (TPSA) is 199 Å². The minimum absolute atomic E-state index is 0.0989. The summed E-state index contributed by atoms with van der Waals surface area (Å²) in [7, 11) is 0. The van der Waals surface area contributed by atoms with Crippen molar-refractivity contribution in [2.45, 2.75) is 140 Å². The Morgan fingerprint density at radius 1 is 0.756 bits per heavy atom. The van der Waals surface area contributed by atoms with Gasteiger partial charge in [0, 0.05) is 5.56 Å². The van der Waals surface area contributed by atoms with Gasteiger partial charge >= 0.3 is 0 Å². The van der Waals surface area contributed by atoms with Crippen molar-refractivity contribution in [3.63, 3.8) is 0 Å². The summed E-state index contributed by atoms with van der Waals surface area (Å²) in [4.78, 5) is 0. The van der Waals surface area contributed by atoms with Crippen LogP contribution >= 0.6 is 0 Å². The number of hydrogen-bond acceptors (Lipinski definition) is 12. The molecule has 0 unspecified atom stereocenters. The normalized spacial score (nSPS) is 39.2. The smallest absolute Gasteiger partial charge is 0.229 e. The second-order valence-electron chi connectivity index (χ2n) is 13.5. The molecule has 0 radical (unpaired) electrons. The van der Waals surface area contributed by atoms with Crippen molar-refractivity contribution in [3.8, 4) is 11.5 Å². The minimum atomic E-state index is -1.62. The van der Waals surface area contributed by atoms with Gasteiger partial charge in [-0.15, -0.1) is 0 Å². The first-order valence-electron chi connectivity index (χ1n) is 16.5. The third-order valence-electron chi connectivity index (χ3n) is 9.81. The molecule has 0 aromatic heterocycles. The molecule has 1 aromatic carbocycles. The van der Waals surface area contributed by atoms with E-state index in [9.17, 15) is 40.9 Å². The van der Waals surface area contributed by atoms with Crippen LogP contribution in [0, 0.1) is 17.8 Å². The molecule has 12 nitrogen and oxygen atoms in total. The Kier molecular flexibility index (Phi) is 12.9. The van der Waals surface area contributed by atoms with E-state index >= 15 is 0 Å². The molecule has 1 aromatic rings. The van der Waals surface area contributed by atoms with Crippen LogP contribution in [0.3, 0.4) is 0 Å². The van der Waals surface area contributed by atoms with Gasteiger partial charge in [-0.25, -0.2) is 0 Å². The highest BCUT2D eigenvalue weighted by Crippen LogP contribution is 2.51. The first-order valence-corrected chi connectivity index (χ1v) is 16.5. The zero-order valence-electron chi connectivity index (χ0n) is 26.8. The van der Waals surface area contributed by atoms with Crippen LogP contribution in [0.1, 0.15) is 83.3 Å². The molecule has 2 heterocycles. The summed E-state index contributed by atoms with van der Waals surface area (Å²) in [6, 6.07) is 3.73. The molecule has 3 fully saturated rings. The Morgan fingerprint density at radius 3 is 1.71 bits per heavy atom. The molecule has 2 saturated heterocycles. The molecular formula is C33H54O12. The summed E-state index contributed by atoms with van der Waals surface area (Å²) in [6.45, 7) is 7.39. The van der Waals surface area contributed by atoms with Gasteiger partial charge in [-0.2, -0.15) is 0 Å². The molecule has 12 heteroatoms. The van der Waals surface area contributed by atoms with Crippen LogP contribution < -0.4 is 9.47 Å². The van der Waals surface area contributed by atoms with E-state index in [0.717, 1.165) is 44.1 Å². The van der Waals surface area contributed by atoms with Gasteiger partial charge in [0.05, 0.1) is 13.2 Å². The Labute approximate surface area is 265 Å². The van der Waals surface area contributed by atoms with Crippen molar-refractivity contribution in [2.24, 2.45) is 17.8 Å². The lowest BCUT2D eigenvalue weighted by Gasteiger charge is -2.43. The molecule has 1 saturated carbocycles. The monoisotopic (exact) mass is 642 g/mol. The number of hydrogen-bond donors (Lipinski definition) is 8. The lowest BCUT2D eigenvalue weighted by atomic mass is 9.67. The fraction of sp³-hybridized carbons (Fsp3) is 0.818. The Bertz CT molecular complexity index is 1010. The fourth-order valence-electron chi connectivity index (χ4n) is 7.05. The molecular weight excluding hydrogens is 588 g/mol. The maximum Gasteiger partial charge on any atom is 0.229 e. The Morgan fingerprint density at radius 2 is 1.27 bits per heavy atom. The fourth-order valence-corrected chi connectivity index (χ4v) is 7.05. The largest absolute Gasteiger partial charge is 0.462 e. The van der Waals surface area contributed by atoms with Gasteiger partial charge in [0.25, 0.3) is 0 Å². The van der Waals surface area contributed by atoms with E-state index in [4.69, 9.17) is 18.9 Å². The molecule has 4 rings (SSSR count). The highest BCUT2D eigenvalue weighted by molar-refractivity contribution is 5.51. The van der Waals surface area contributed by atoms with Gasteiger partial charge < -0.3 is 59.8 Å². The maximum atomic E-state index is 10.9.